The SMILES string of the molecule is CCN(CC)CCN(C(=O)Cn1cnc(C)c(C)c1=O)c1nc2ccc(Br)cc2s1. The second kappa shape index (κ2) is 9.80. The zero-order valence-corrected chi connectivity index (χ0v) is 20.1. The predicted octanol–water partition coefficient (Wildman–Crippen LogP) is 3.61. The van der Waals surface area contributed by atoms with E-state index < -0.39 is 0 Å². The van der Waals surface area contributed by atoms with Crippen LogP contribution in [0, 0.1) is 13.8 Å². The molecule has 7 nitrogen and oxygen atoms in total. The van der Waals surface area contributed by atoms with Crippen molar-refractivity contribution in [2.75, 3.05) is 31.1 Å². The first-order valence-electron chi connectivity index (χ1n) is 9.95. The van der Waals surface area contributed by atoms with E-state index in [0.29, 0.717) is 22.9 Å². The van der Waals surface area contributed by atoms with Gasteiger partial charge in [-0.3, -0.25) is 19.1 Å². The normalized spacial score (nSPS) is 11.4. The van der Waals surface area contributed by atoms with Crippen LogP contribution in [0.4, 0.5) is 5.13 Å². The first-order chi connectivity index (χ1) is 14.3. The van der Waals surface area contributed by atoms with Crippen LogP contribution < -0.4 is 10.5 Å². The first-order valence-corrected chi connectivity index (χ1v) is 11.6. The van der Waals surface area contributed by atoms with Gasteiger partial charge in [0.2, 0.25) is 5.91 Å². The van der Waals surface area contributed by atoms with E-state index in [9.17, 15) is 9.59 Å². The maximum atomic E-state index is 13.3. The highest BCUT2D eigenvalue weighted by molar-refractivity contribution is 9.10. The number of benzene rings is 1. The minimum atomic E-state index is -0.187. The standard InChI is InChI=1S/C21H26BrN5O2S/c1-5-25(6-2)9-10-27(21-24-17-8-7-16(22)11-18(17)30-21)19(28)12-26-13-23-15(4)14(3)20(26)29/h7-8,11,13H,5-6,9-10,12H2,1-4H3. The molecule has 1 amide bonds. The van der Waals surface area contributed by atoms with Crippen LogP contribution in [0.1, 0.15) is 25.1 Å². The molecule has 1 aromatic carbocycles. The Morgan fingerprint density at radius 1 is 1.20 bits per heavy atom. The van der Waals surface area contributed by atoms with Crippen molar-refractivity contribution in [3.8, 4) is 0 Å². The van der Waals surface area contributed by atoms with E-state index in [1.165, 1.54) is 22.2 Å². The topological polar surface area (TPSA) is 71.3 Å². The maximum absolute atomic E-state index is 13.3. The Bertz CT molecular complexity index is 1110. The number of nitrogens with zero attached hydrogens (tertiary/aromatic N) is 5. The lowest BCUT2D eigenvalue weighted by molar-refractivity contribution is -0.119. The molecule has 0 radical (unpaired) electrons. The van der Waals surface area contributed by atoms with Gasteiger partial charge in [0.05, 0.1) is 16.5 Å². The third kappa shape index (κ3) is 4.96. The molecule has 0 N–H and O–H groups in total. The number of amides is 1. The second-order valence-electron chi connectivity index (χ2n) is 7.07. The number of aromatic nitrogens is 3. The van der Waals surface area contributed by atoms with Crippen molar-refractivity contribution in [2.24, 2.45) is 0 Å². The van der Waals surface area contributed by atoms with Gasteiger partial charge >= 0.3 is 0 Å². The van der Waals surface area contributed by atoms with Gasteiger partial charge in [-0.2, -0.15) is 0 Å². The number of rotatable bonds is 8. The molecule has 0 aliphatic carbocycles. The Balaban J connectivity index is 1.92. The Morgan fingerprint density at radius 2 is 1.93 bits per heavy atom. The fourth-order valence-electron chi connectivity index (χ4n) is 3.13. The average Bonchev–Trinajstić information content (AvgIpc) is 3.14. The molecule has 160 valence electrons. The number of halogens is 1. The lowest BCUT2D eigenvalue weighted by Gasteiger charge is -2.25. The zero-order chi connectivity index (χ0) is 21.8. The first kappa shape index (κ1) is 22.6. The molecule has 3 rings (SSSR count). The monoisotopic (exact) mass is 491 g/mol. The lowest BCUT2D eigenvalue weighted by Crippen LogP contribution is -2.41. The highest BCUT2D eigenvalue weighted by Gasteiger charge is 2.21. The van der Waals surface area contributed by atoms with E-state index in [1.54, 1.807) is 18.7 Å². The minimum Gasteiger partial charge on any atom is -0.302 e. The minimum absolute atomic E-state index is 0.0647. The molecule has 0 saturated heterocycles. The number of anilines is 1. The molecule has 2 aromatic heterocycles. The number of thiazole rings is 1. The second-order valence-corrected chi connectivity index (χ2v) is 8.99. The van der Waals surface area contributed by atoms with Gasteiger partial charge < -0.3 is 4.90 Å². The number of likely N-dealkylation sites (N-methyl/N-ethyl adjacent to an activating group) is 1. The third-order valence-electron chi connectivity index (χ3n) is 5.23. The van der Waals surface area contributed by atoms with Gasteiger partial charge in [-0.1, -0.05) is 41.1 Å². The molecular weight excluding hydrogens is 466 g/mol. The fourth-order valence-corrected chi connectivity index (χ4v) is 4.69. The molecule has 9 heteroatoms. The summed E-state index contributed by atoms with van der Waals surface area (Å²) in [6, 6.07) is 5.87. The van der Waals surface area contributed by atoms with Gasteiger partial charge in [0.15, 0.2) is 5.13 Å². The summed E-state index contributed by atoms with van der Waals surface area (Å²) in [7, 11) is 0. The fraction of sp³-hybridized carbons (Fsp3) is 0.429. The highest BCUT2D eigenvalue weighted by atomic mass is 79.9. The van der Waals surface area contributed by atoms with Gasteiger partial charge in [-0.15, -0.1) is 0 Å². The summed E-state index contributed by atoms with van der Waals surface area (Å²) < 4.78 is 3.35. The molecule has 3 aromatic rings. The Kier molecular flexibility index (Phi) is 7.38. The Hall–Kier alpha value is -2.10. The molecule has 0 unspecified atom stereocenters. The highest BCUT2D eigenvalue weighted by Crippen LogP contribution is 2.31. The molecular formula is C21H26BrN5O2S. The van der Waals surface area contributed by atoms with Crippen LogP contribution in [0.5, 0.6) is 0 Å². The quantitative estimate of drug-likeness (QED) is 0.481. The van der Waals surface area contributed by atoms with E-state index in [-0.39, 0.29) is 18.0 Å². The van der Waals surface area contributed by atoms with Crippen LogP contribution in [-0.2, 0) is 11.3 Å². The van der Waals surface area contributed by atoms with Crippen molar-refractivity contribution in [1.29, 1.82) is 0 Å². The van der Waals surface area contributed by atoms with E-state index >= 15 is 0 Å². The van der Waals surface area contributed by atoms with Crippen LogP contribution in [0.25, 0.3) is 10.2 Å². The molecule has 0 fully saturated rings. The van der Waals surface area contributed by atoms with Crippen LogP contribution >= 0.6 is 27.3 Å². The van der Waals surface area contributed by atoms with Gasteiger partial charge in [0, 0.05) is 28.8 Å². The van der Waals surface area contributed by atoms with E-state index in [4.69, 9.17) is 0 Å². The number of fused-ring (bicyclic) bond motifs is 1. The van der Waals surface area contributed by atoms with E-state index in [0.717, 1.165) is 34.3 Å². The van der Waals surface area contributed by atoms with E-state index in [1.807, 2.05) is 18.2 Å². The molecule has 30 heavy (non-hydrogen) atoms. The van der Waals surface area contributed by atoms with Crippen molar-refractivity contribution in [3.63, 3.8) is 0 Å². The van der Waals surface area contributed by atoms with Crippen LogP contribution in [0.3, 0.4) is 0 Å². The summed E-state index contributed by atoms with van der Waals surface area (Å²) in [6.45, 7) is 10.7. The lowest BCUT2D eigenvalue weighted by atomic mass is 10.3. The van der Waals surface area contributed by atoms with Gasteiger partial charge in [-0.25, -0.2) is 9.97 Å². The van der Waals surface area contributed by atoms with Gasteiger partial charge in [-0.05, 0) is 45.1 Å². The summed E-state index contributed by atoms with van der Waals surface area (Å²) in [5, 5.41) is 0.644. The summed E-state index contributed by atoms with van der Waals surface area (Å²) in [5.74, 6) is -0.174. The molecule has 0 aliphatic heterocycles. The summed E-state index contributed by atoms with van der Waals surface area (Å²) >= 11 is 4.97. The van der Waals surface area contributed by atoms with Crippen LogP contribution in [0.2, 0.25) is 0 Å². The van der Waals surface area contributed by atoms with Crippen molar-refractivity contribution in [2.45, 2.75) is 34.2 Å². The Morgan fingerprint density at radius 3 is 2.63 bits per heavy atom. The molecule has 0 saturated carbocycles. The van der Waals surface area contributed by atoms with Crippen LogP contribution in [0.15, 0.2) is 33.8 Å². The number of carbonyl (C=O) groups is 1. The summed E-state index contributed by atoms with van der Waals surface area (Å²) in [6.07, 6.45) is 1.45. The third-order valence-corrected chi connectivity index (χ3v) is 6.76. The maximum Gasteiger partial charge on any atom is 0.256 e. The molecule has 0 bridgehead atoms. The number of aryl methyl sites for hydroxylation is 1. The summed E-state index contributed by atoms with van der Waals surface area (Å²) in [5.41, 5.74) is 1.90. The number of carbonyl (C=O) groups excluding carboxylic acids is 1. The predicted molar refractivity (Wildman–Crippen MR) is 125 cm³/mol. The average molecular weight is 492 g/mol. The molecule has 0 aliphatic rings. The smallest absolute Gasteiger partial charge is 0.256 e. The number of hydrogen-bond donors (Lipinski definition) is 0. The van der Waals surface area contributed by atoms with Gasteiger partial charge in [0.25, 0.3) is 5.56 Å². The largest absolute Gasteiger partial charge is 0.302 e. The van der Waals surface area contributed by atoms with E-state index in [2.05, 4.69) is 44.6 Å². The zero-order valence-electron chi connectivity index (χ0n) is 17.7. The number of hydrogen-bond acceptors (Lipinski definition) is 6. The molecule has 0 atom stereocenters. The van der Waals surface area contributed by atoms with Crippen molar-refractivity contribution >= 4 is 48.5 Å². The van der Waals surface area contributed by atoms with Crippen molar-refractivity contribution in [1.82, 2.24) is 19.4 Å². The van der Waals surface area contributed by atoms with Crippen LogP contribution in [-0.4, -0.2) is 51.5 Å². The van der Waals surface area contributed by atoms with Gasteiger partial charge in [0.1, 0.15) is 6.54 Å². The van der Waals surface area contributed by atoms with Crippen molar-refractivity contribution in [3.05, 3.63) is 50.6 Å². The molecule has 2 heterocycles. The summed E-state index contributed by atoms with van der Waals surface area (Å²) in [4.78, 5) is 38.7. The molecule has 0 spiro atoms. The Labute approximate surface area is 188 Å². The van der Waals surface area contributed by atoms with Crippen molar-refractivity contribution < 1.29 is 4.79 Å².